The summed E-state index contributed by atoms with van der Waals surface area (Å²) in [5.41, 5.74) is 1.30. The number of ether oxygens (including phenoxy) is 1. The zero-order chi connectivity index (χ0) is 15.4. The number of carboxylic acids is 1. The van der Waals surface area contributed by atoms with Gasteiger partial charge in [-0.15, -0.1) is 11.8 Å². The second-order valence-corrected chi connectivity index (χ2v) is 6.06. The number of amides is 1. The monoisotopic (exact) mass is 309 g/mol. The van der Waals surface area contributed by atoms with Crippen LogP contribution in [0.2, 0.25) is 0 Å². The van der Waals surface area contributed by atoms with Crippen molar-refractivity contribution in [3.63, 3.8) is 0 Å². The van der Waals surface area contributed by atoms with E-state index in [0.717, 1.165) is 12.0 Å². The molecule has 0 aliphatic carbocycles. The van der Waals surface area contributed by atoms with Crippen molar-refractivity contribution >= 4 is 23.6 Å². The van der Waals surface area contributed by atoms with Crippen molar-refractivity contribution in [2.45, 2.75) is 31.4 Å². The highest BCUT2D eigenvalue weighted by Gasteiger charge is 2.41. The van der Waals surface area contributed by atoms with Gasteiger partial charge in [0.2, 0.25) is 0 Å². The molecule has 0 spiro atoms. The average Bonchev–Trinajstić information content (AvgIpc) is 2.91. The van der Waals surface area contributed by atoms with Gasteiger partial charge < -0.3 is 14.7 Å². The second kappa shape index (κ2) is 6.95. The maximum atomic E-state index is 12.8. The highest BCUT2D eigenvalue weighted by atomic mass is 32.2. The Bertz CT molecular complexity index is 534. The van der Waals surface area contributed by atoms with Gasteiger partial charge in [0.05, 0.1) is 12.0 Å². The number of carbonyl (C=O) groups excluding carboxylic acids is 1. The summed E-state index contributed by atoms with van der Waals surface area (Å²) in [5, 5.41) is 9.24. The molecule has 1 heterocycles. The highest BCUT2D eigenvalue weighted by Crippen LogP contribution is 2.33. The van der Waals surface area contributed by atoms with E-state index in [2.05, 4.69) is 0 Å². The molecule has 1 N–H and O–H groups in total. The highest BCUT2D eigenvalue weighted by molar-refractivity contribution is 8.00. The molecule has 0 aromatic heterocycles. The lowest BCUT2D eigenvalue weighted by molar-refractivity contribution is -0.141. The lowest BCUT2D eigenvalue weighted by Gasteiger charge is -2.27. The van der Waals surface area contributed by atoms with E-state index in [9.17, 15) is 14.7 Å². The third kappa shape index (κ3) is 3.22. The first-order chi connectivity index (χ1) is 10.1. The predicted molar refractivity (Wildman–Crippen MR) is 81.3 cm³/mol. The second-order valence-electron chi connectivity index (χ2n) is 4.85. The molecular formula is C15H19NO4S. The number of hydrogen-bond acceptors (Lipinski definition) is 4. The molecule has 2 unspecified atom stereocenters. The van der Waals surface area contributed by atoms with Crippen LogP contribution in [0.25, 0.3) is 0 Å². The van der Waals surface area contributed by atoms with Gasteiger partial charge >= 0.3 is 5.97 Å². The first-order valence-electron chi connectivity index (χ1n) is 6.84. The summed E-state index contributed by atoms with van der Waals surface area (Å²) in [6, 6.07) is 6.42. The van der Waals surface area contributed by atoms with E-state index in [4.69, 9.17) is 4.74 Å². The van der Waals surface area contributed by atoms with Crippen molar-refractivity contribution < 1.29 is 19.4 Å². The minimum absolute atomic E-state index is 0.0887. The number of aliphatic carboxylic acids is 1. The predicted octanol–water partition coefficient (Wildman–Crippen LogP) is 2.21. The lowest BCUT2D eigenvalue weighted by atomic mass is 10.1. The number of rotatable bonds is 5. The molecule has 114 valence electrons. The molecule has 6 heteroatoms. The van der Waals surface area contributed by atoms with Gasteiger partial charge in [-0.25, -0.2) is 4.79 Å². The molecular weight excluding hydrogens is 290 g/mol. The van der Waals surface area contributed by atoms with Crippen molar-refractivity contribution in [1.29, 1.82) is 0 Å². The number of benzene rings is 1. The van der Waals surface area contributed by atoms with Crippen molar-refractivity contribution in [3.05, 3.63) is 35.4 Å². The normalized spacial score (nSPS) is 21.5. The molecule has 1 aliphatic heterocycles. The number of hydrogen-bond donors (Lipinski definition) is 1. The van der Waals surface area contributed by atoms with Crippen molar-refractivity contribution in [2.24, 2.45) is 0 Å². The average molecular weight is 309 g/mol. The van der Waals surface area contributed by atoms with Crippen LogP contribution in [0.1, 0.15) is 29.3 Å². The van der Waals surface area contributed by atoms with Crippen LogP contribution < -0.4 is 0 Å². The largest absolute Gasteiger partial charge is 0.480 e. The summed E-state index contributed by atoms with van der Waals surface area (Å²) in [7, 11) is 1.57. The number of thioether (sulfide) groups is 1. The molecule has 0 bridgehead atoms. The smallest absolute Gasteiger partial charge is 0.327 e. The summed E-state index contributed by atoms with van der Waals surface area (Å²) in [6.07, 6.45) is 0.729. The fraction of sp³-hybridized carbons (Fsp3) is 0.467. The maximum absolute atomic E-state index is 12.8. The Kier molecular flexibility index (Phi) is 5.25. The molecule has 5 nitrogen and oxygen atoms in total. The molecule has 21 heavy (non-hydrogen) atoms. The van der Waals surface area contributed by atoms with Crippen LogP contribution in [-0.2, 0) is 16.1 Å². The zero-order valence-corrected chi connectivity index (χ0v) is 12.9. The van der Waals surface area contributed by atoms with Gasteiger partial charge in [-0.05, 0) is 18.1 Å². The number of carbonyl (C=O) groups is 2. The molecule has 0 saturated carbocycles. The van der Waals surface area contributed by atoms with Gasteiger partial charge in [-0.1, -0.05) is 25.1 Å². The van der Waals surface area contributed by atoms with E-state index in [1.165, 1.54) is 16.7 Å². The van der Waals surface area contributed by atoms with Gasteiger partial charge in [0.25, 0.3) is 5.91 Å². The maximum Gasteiger partial charge on any atom is 0.327 e. The Labute approximate surface area is 128 Å². The van der Waals surface area contributed by atoms with E-state index >= 15 is 0 Å². The summed E-state index contributed by atoms with van der Waals surface area (Å²) in [4.78, 5) is 25.7. The minimum atomic E-state index is -0.948. The van der Waals surface area contributed by atoms with E-state index in [1.54, 1.807) is 19.2 Å². The third-order valence-corrected chi connectivity index (χ3v) is 4.96. The summed E-state index contributed by atoms with van der Waals surface area (Å²) < 4.78 is 5.12. The fourth-order valence-corrected chi connectivity index (χ4v) is 3.84. The standard InChI is InChI=1S/C15H19NO4S/c1-3-13-16(12(9-21-13)15(18)19)14(17)11-7-5-4-6-10(11)8-20-2/h4-7,12-13H,3,8-9H2,1-2H3,(H,18,19). The molecule has 0 radical (unpaired) electrons. The SMILES string of the molecule is CCC1SCC(C(=O)O)N1C(=O)c1ccccc1COC. The Hall–Kier alpha value is -1.53. The first kappa shape index (κ1) is 15.9. The van der Waals surface area contributed by atoms with Crippen LogP contribution in [0.5, 0.6) is 0 Å². The fourth-order valence-electron chi connectivity index (χ4n) is 2.49. The molecule has 1 fully saturated rings. The van der Waals surface area contributed by atoms with Crippen LogP contribution in [0, 0.1) is 0 Å². The molecule has 1 amide bonds. The van der Waals surface area contributed by atoms with Crippen LogP contribution >= 0.6 is 11.8 Å². The minimum Gasteiger partial charge on any atom is -0.480 e. The summed E-state index contributed by atoms with van der Waals surface area (Å²) >= 11 is 1.52. The van der Waals surface area contributed by atoms with E-state index in [-0.39, 0.29) is 11.3 Å². The molecule has 1 saturated heterocycles. The van der Waals surface area contributed by atoms with Gasteiger partial charge in [0, 0.05) is 18.4 Å². The zero-order valence-electron chi connectivity index (χ0n) is 12.1. The van der Waals surface area contributed by atoms with E-state index < -0.39 is 12.0 Å². The van der Waals surface area contributed by atoms with Gasteiger partial charge in [-0.3, -0.25) is 4.79 Å². The quantitative estimate of drug-likeness (QED) is 0.903. The van der Waals surface area contributed by atoms with E-state index in [0.29, 0.717) is 17.9 Å². The van der Waals surface area contributed by atoms with E-state index in [1.807, 2.05) is 19.1 Å². The Balaban J connectivity index is 2.34. The van der Waals surface area contributed by atoms with Crippen LogP contribution in [0.4, 0.5) is 0 Å². The molecule has 2 rings (SSSR count). The summed E-state index contributed by atoms with van der Waals surface area (Å²) in [5.74, 6) is -0.741. The van der Waals surface area contributed by atoms with Crippen molar-refractivity contribution in [3.8, 4) is 0 Å². The van der Waals surface area contributed by atoms with Gasteiger partial charge in [0.15, 0.2) is 0 Å². The lowest BCUT2D eigenvalue weighted by Crippen LogP contribution is -2.45. The van der Waals surface area contributed by atoms with Crippen molar-refractivity contribution in [2.75, 3.05) is 12.9 Å². The number of carboxylic acid groups (broad SMARTS) is 1. The van der Waals surface area contributed by atoms with Gasteiger partial charge in [-0.2, -0.15) is 0 Å². The third-order valence-electron chi connectivity index (χ3n) is 3.51. The first-order valence-corrected chi connectivity index (χ1v) is 7.89. The van der Waals surface area contributed by atoms with Crippen LogP contribution in [-0.4, -0.2) is 46.2 Å². The topological polar surface area (TPSA) is 66.8 Å². The molecule has 1 aromatic carbocycles. The van der Waals surface area contributed by atoms with Crippen molar-refractivity contribution in [1.82, 2.24) is 4.90 Å². The molecule has 1 aliphatic rings. The Morgan fingerprint density at radius 3 is 2.76 bits per heavy atom. The van der Waals surface area contributed by atoms with Crippen LogP contribution in [0.3, 0.4) is 0 Å². The Morgan fingerprint density at radius 2 is 2.14 bits per heavy atom. The number of methoxy groups -OCH3 is 1. The molecule has 1 aromatic rings. The van der Waals surface area contributed by atoms with Gasteiger partial charge in [0.1, 0.15) is 6.04 Å². The number of nitrogens with zero attached hydrogens (tertiary/aromatic N) is 1. The summed E-state index contributed by atoms with van der Waals surface area (Å²) in [6.45, 7) is 2.29. The van der Waals surface area contributed by atoms with Crippen LogP contribution in [0.15, 0.2) is 24.3 Å². The molecule has 2 atom stereocenters. The Morgan fingerprint density at radius 1 is 1.43 bits per heavy atom.